The largest absolute Gasteiger partial charge is 0.323 e. The Bertz CT molecular complexity index is 307. The number of nitrogens with two attached hydrogens (primary N) is 1. The number of fused-ring (bicyclic) bond motifs is 1. The van der Waals surface area contributed by atoms with Gasteiger partial charge < -0.3 is 15.6 Å². The van der Waals surface area contributed by atoms with Crippen molar-refractivity contribution in [2.45, 2.75) is 26.7 Å². The van der Waals surface area contributed by atoms with Crippen LogP contribution < -0.4 is 5.84 Å². The third kappa shape index (κ3) is 1.40. The minimum absolute atomic E-state index is 0.234. The molecule has 4 rings (SSSR count). The molecule has 0 aromatic heterocycles. The van der Waals surface area contributed by atoms with Crippen LogP contribution in [0.15, 0.2) is 5.10 Å². The van der Waals surface area contributed by atoms with Gasteiger partial charge in [0.1, 0.15) is 0 Å². The topological polar surface area (TPSA) is 44.9 Å². The minimum Gasteiger partial charge on any atom is -0.323 e. The normalized spacial score (nSPS) is 48.2. The van der Waals surface area contributed by atoms with E-state index in [1.807, 2.05) is 0 Å². The molecule has 17 heavy (non-hydrogen) atoms. The summed E-state index contributed by atoms with van der Waals surface area (Å²) in [6.45, 7) is 11.7. The second-order valence-corrected chi connectivity index (χ2v) is 6.17. The molecule has 4 aliphatic rings. The van der Waals surface area contributed by atoms with Crippen molar-refractivity contribution in [3.05, 3.63) is 0 Å². The average molecular weight is 236 g/mol. The Kier molecular flexibility index (Phi) is 2.49. The van der Waals surface area contributed by atoms with E-state index in [0.717, 1.165) is 39.0 Å². The number of hydrogen-bond acceptors (Lipinski definition) is 4. The fourth-order valence-corrected chi connectivity index (χ4v) is 4.44. The Morgan fingerprint density at radius 2 is 1.41 bits per heavy atom. The molecule has 0 aromatic carbocycles. The van der Waals surface area contributed by atoms with Crippen molar-refractivity contribution in [2.24, 2.45) is 21.8 Å². The van der Waals surface area contributed by atoms with Gasteiger partial charge in [-0.15, -0.1) is 0 Å². The first kappa shape index (κ1) is 11.5. The van der Waals surface area contributed by atoms with E-state index >= 15 is 0 Å². The van der Waals surface area contributed by atoms with Gasteiger partial charge in [0.2, 0.25) is 0 Å². The summed E-state index contributed by atoms with van der Waals surface area (Å²) in [6, 6.07) is 0. The van der Waals surface area contributed by atoms with Gasteiger partial charge in [-0.2, -0.15) is 5.10 Å². The van der Waals surface area contributed by atoms with E-state index in [1.165, 1.54) is 18.8 Å². The first-order valence-corrected chi connectivity index (χ1v) is 6.91. The first-order chi connectivity index (χ1) is 8.18. The average Bonchev–Trinajstić information content (AvgIpc) is 2.56. The summed E-state index contributed by atoms with van der Waals surface area (Å²) in [5.74, 6) is 5.78. The molecule has 0 atom stereocenters. The van der Waals surface area contributed by atoms with Crippen LogP contribution >= 0.6 is 0 Å². The van der Waals surface area contributed by atoms with Crippen LogP contribution in [-0.2, 0) is 0 Å². The summed E-state index contributed by atoms with van der Waals surface area (Å²) in [4.78, 5) is 5.30. The SMILES string of the molecule is CCC12CN3CCN(C1)CC(CC)(C3)C2=NN. The Morgan fingerprint density at radius 1 is 1.00 bits per heavy atom. The summed E-state index contributed by atoms with van der Waals surface area (Å²) in [5.41, 5.74) is 1.79. The van der Waals surface area contributed by atoms with Gasteiger partial charge in [0, 0.05) is 50.1 Å². The van der Waals surface area contributed by atoms with Crippen LogP contribution in [0.5, 0.6) is 0 Å². The fourth-order valence-electron chi connectivity index (χ4n) is 4.44. The molecule has 4 nitrogen and oxygen atoms in total. The highest BCUT2D eigenvalue weighted by atomic mass is 15.3. The molecule has 0 radical (unpaired) electrons. The predicted octanol–water partition coefficient (Wildman–Crippen LogP) is 0.739. The summed E-state index contributed by atoms with van der Waals surface area (Å²) in [7, 11) is 0. The second-order valence-electron chi connectivity index (χ2n) is 6.17. The molecule has 4 heterocycles. The summed E-state index contributed by atoms with van der Waals surface area (Å²) in [6.07, 6.45) is 2.33. The molecule has 4 fully saturated rings. The number of piperidine rings is 2. The van der Waals surface area contributed by atoms with E-state index in [0.29, 0.717) is 0 Å². The molecular weight excluding hydrogens is 212 g/mol. The van der Waals surface area contributed by atoms with Crippen molar-refractivity contribution >= 4 is 5.71 Å². The van der Waals surface area contributed by atoms with Gasteiger partial charge in [0.05, 0.1) is 5.71 Å². The lowest BCUT2D eigenvalue weighted by atomic mass is 9.60. The van der Waals surface area contributed by atoms with Crippen LogP contribution in [0.25, 0.3) is 0 Å². The maximum atomic E-state index is 5.78. The smallest absolute Gasteiger partial charge is 0.0550 e. The van der Waals surface area contributed by atoms with Gasteiger partial charge in [-0.25, -0.2) is 0 Å². The van der Waals surface area contributed by atoms with E-state index in [2.05, 4.69) is 28.7 Å². The van der Waals surface area contributed by atoms with Gasteiger partial charge in [-0.3, -0.25) is 0 Å². The summed E-state index contributed by atoms with van der Waals surface area (Å²) in [5, 5.41) is 4.28. The van der Waals surface area contributed by atoms with E-state index in [9.17, 15) is 0 Å². The van der Waals surface area contributed by atoms with Crippen LogP contribution in [0.4, 0.5) is 0 Å². The number of nitrogens with zero attached hydrogens (tertiary/aromatic N) is 3. The van der Waals surface area contributed by atoms with Crippen LogP contribution in [-0.4, -0.2) is 54.8 Å². The zero-order chi connectivity index (χ0) is 12.1. The van der Waals surface area contributed by atoms with Gasteiger partial charge in [0.25, 0.3) is 0 Å². The Balaban J connectivity index is 2.11. The van der Waals surface area contributed by atoms with Gasteiger partial charge in [-0.05, 0) is 12.8 Å². The van der Waals surface area contributed by atoms with Crippen molar-refractivity contribution in [3.63, 3.8) is 0 Å². The minimum atomic E-state index is 0.234. The Hall–Kier alpha value is -0.610. The van der Waals surface area contributed by atoms with Crippen molar-refractivity contribution in [3.8, 4) is 0 Å². The quantitative estimate of drug-likeness (QED) is 0.568. The molecule has 4 heteroatoms. The highest BCUT2D eigenvalue weighted by Crippen LogP contribution is 2.48. The van der Waals surface area contributed by atoms with Crippen molar-refractivity contribution < 1.29 is 0 Å². The maximum absolute atomic E-state index is 5.78. The van der Waals surface area contributed by atoms with E-state index in [-0.39, 0.29) is 10.8 Å². The molecule has 0 unspecified atom stereocenters. The summed E-state index contributed by atoms with van der Waals surface area (Å²) < 4.78 is 0. The third-order valence-electron chi connectivity index (χ3n) is 5.32. The van der Waals surface area contributed by atoms with E-state index in [1.54, 1.807) is 0 Å². The molecule has 0 spiro atoms. The molecule has 0 aliphatic carbocycles. The van der Waals surface area contributed by atoms with Crippen LogP contribution in [0.3, 0.4) is 0 Å². The third-order valence-corrected chi connectivity index (χ3v) is 5.32. The highest BCUT2D eigenvalue weighted by molar-refractivity contribution is 5.97. The molecule has 4 aliphatic heterocycles. The molecular formula is C13H24N4. The first-order valence-electron chi connectivity index (χ1n) is 6.91. The lowest BCUT2D eigenvalue weighted by Gasteiger charge is -2.56. The van der Waals surface area contributed by atoms with Crippen LogP contribution in [0.1, 0.15) is 26.7 Å². The Labute approximate surface area is 104 Å². The van der Waals surface area contributed by atoms with Gasteiger partial charge in [0.15, 0.2) is 0 Å². The van der Waals surface area contributed by atoms with E-state index in [4.69, 9.17) is 5.84 Å². The zero-order valence-electron chi connectivity index (χ0n) is 11.1. The number of hydrogen-bond donors (Lipinski definition) is 1. The fraction of sp³-hybridized carbons (Fsp3) is 0.923. The number of hydrazone groups is 1. The number of rotatable bonds is 2. The molecule has 4 saturated heterocycles. The van der Waals surface area contributed by atoms with E-state index < -0.39 is 0 Å². The van der Waals surface area contributed by atoms with Crippen LogP contribution in [0, 0.1) is 10.8 Å². The molecule has 0 aromatic rings. The van der Waals surface area contributed by atoms with Crippen molar-refractivity contribution in [1.29, 1.82) is 0 Å². The van der Waals surface area contributed by atoms with Crippen molar-refractivity contribution in [2.75, 3.05) is 39.3 Å². The standard InChI is InChI=1S/C13H24N4/c1-3-12-7-16-5-6-17(8-12)10-13(4-2,9-16)11(12)15-14/h3-10,14H2,1-2H3. The van der Waals surface area contributed by atoms with Crippen molar-refractivity contribution in [1.82, 2.24) is 9.80 Å². The lowest BCUT2D eigenvalue weighted by Crippen LogP contribution is -2.67. The Morgan fingerprint density at radius 3 is 1.71 bits per heavy atom. The molecule has 0 saturated carbocycles. The van der Waals surface area contributed by atoms with Gasteiger partial charge in [-0.1, -0.05) is 13.8 Å². The molecule has 2 N–H and O–H groups in total. The molecule has 96 valence electrons. The lowest BCUT2D eigenvalue weighted by molar-refractivity contribution is 0.0589. The summed E-state index contributed by atoms with van der Waals surface area (Å²) >= 11 is 0. The predicted molar refractivity (Wildman–Crippen MR) is 70.0 cm³/mol. The van der Waals surface area contributed by atoms with Crippen LogP contribution in [0.2, 0.25) is 0 Å². The van der Waals surface area contributed by atoms with Gasteiger partial charge >= 0.3 is 0 Å². The highest BCUT2D eigenvalue weighted by Gasteiger charge is 2.57. The second kappa shape index (κ2) is 3.69. The zero-order valence-corrected chi connectivity index (χ0v) is 11.1. The monoisotopic (exact) mass is 236 g/mol. The molecule has 4 bridgehead atoms. The maximum Gasteiger partial charge on any atom is 0.0550 e. The molecule has 0 amide bonds.